The topological polar surface area (TPSA) is 79.5 Å². The van der Waals surface area contributed by atoms with Gasteiger partial charge in [0.2, 0.25) is 0 Å². The maximum absolute atomic E-state index is 12.7. The number of carbonyl (C=O) groups is 1. The van der Waals surface area contributed by atoms with Crippen LogP contribution in [-0.4, -0.2) is 10.9 Å². The highest BCUT2D eigenvalue weighted by atomic mass is 79.9. The lowest BCUT2D eigenvalue weighted by molar-refractivity contribution is 0.104. The molecule has 7 heteroatoms. The summed E-state index contributed by atoms with van der Waals surface area (Å²) >= 11 is 6.77. The number of ketones is 1. The van der Waals surface area contributed by atoms with Crippen LogP contribution in [0.1, 0.15) is 21.7 Å². The van der Waals surface area contributed by atoms with Gasteiger partial charge in [-0.25, -0.2) is 4.79 Å². The molecule has 3 rings (SSSR count). The van der Waals surface area contributed by atoms with Crippen molar-refractivity contribution in [1.29, 1.82) is 0 Å². The van der Waals surface area contributed by atoms with Crippen molar-refractivity contribution in [3.05, 3.63) is 96.9 Å². The molecule has 5 nitrogen and oxygen atoms in total. The van der Waals surface area contributed by atoms with Crippen molar-refractivity contribution < 1.29 is 14.3 Å². The van der Waals surface area contributed by atoms with Crippen molar-refractivity contribution in [3.8, 4) is 5.75 Å². The zero-order chi connectivity index (χ0) is 20.3. The summed E-state index contributed by atoms with van der Waals surface area (Å²) in [5, 5.41) is 13.2. The minimum absolute atomic E-state index is 0.226. The first-order valence-electron chi connectivity index (χ1n) is 8.22. The first-order valence-corrected chi connectivity index (χ1v) is 9.80. The van der Waals surface area contributed by atoms with E-state index >= 15 is 0 Å². The van der Waals surface area contributed by atoms with Gasteiger partial charge in [0.1, 0.15) is 17.1 Å². The third-order valence-electron chi connectivity index (χ3n) is 3.85. The minimum atomic E-state index is -0.877. The van der Waals surface area contributed by atoms with Crippen LogP contribution >= 0.6 is 31.9 Å². The molecule has 0 fully saturated rings. The Morgan fingerprint density at radius 1 is 1.04 bits per heavy atom. The SMILES string of the molecule is Cc1cc(O)c(C(=O)/C=C(\Nc2ccc(Br)cc2)c2ccc(Br)cc2)c(=O)o1. The summed E-state index contributed by atoms with van der Waals surface area (Å²) in [5.74, 6) is -0.841. The van der Waals surface area contributed by atoms with Crippen molar-refractivity contribution >= 4 is 49.0 Å². The number of aromatic hydroxyl groups is 1. The number of allylic oxidation sites excluding steroid dienone is 1. The normalized spacial score (nSPS) is 11.3. The molecule has 28 heavy (non-hydrogen) atoms. The van der Waals surface area contributed by atoms with Crippen molar-refractivity contribution in [1.82, 2.24) is 0 Å². The molecule has 0 amide bonds. The highest BCUT2D eigenvalue weighted by Crippen LogP contribution is 2.24. The van der Waals surface area contributed by atoms with Gasteiger partial charge in [0.25, 0.3) is 0 Å². The smallest absolute Gasteiger partial charge is 0.351 e. The third kappa shape index (κ3) is 4.79. The van der Waals surface area contributed by atoms with Gasteiger partial charge in [-0.3, -0.25) is 4.79 Å². The molecule has 1 heterocycles. The van der Waals surface area contributed by atoms with Crippen LogP contribution in [-0.2, 0) is 0 Å². The van der Waals surface area contributed by atoms with Gasteiger partial charge in [-0.15, -0.1) is 0 Å². The van der Waals surface area contributed by atoms with E-state index in [9.17, 15) is 14.7 Å². The van der Waals surface area contributed by atoms with E-state index in [0.717, 1.165) is 20.2 Å². The fraction of sp³-hybridized carbons (Fsp3) is 0.0476. The number of aryl methyl sites for hydroxylation is 1. The maximum Gasteiger partial charge on any atom is 0.351 e. The van der Waals surface area contributed by atoms with Crippen LogP contribution in [0.25, 0.3) is 5.70 Å². The Balaban J connectivity index is 2.05. The van der Waals surface area contributed by atoms with Crippen molar-refractivity contribution in [2.45, 2.75) is 6.92 Å². The van der Waals surface area contributed by atoms with E-state index in [-0.39, 0.29) is 5.76 Å². The molecule has 2 aromatic carbocycles. The number of rotatable bonds is 5. The molecule has 0 bridgehead atoms. The Hall–Kier alpha value is -2.64. The predicted molar refractivity (Wildman–Crippen MR) is 116 cm³/mol. The summed E-state index contributed by atoms with van der Waals surface area (Å²) in [7, 11) is 0. The summed E-state index contributed by atoms with van der Waals surface area (Å²) in [4.78, 5) is 24.8. The average Bonchev–Trinajstić information content (AvgIpc) is 2.63. The van der Waals surface area contributed by atoms with Crippen LogP contribution in [0, 0.1) is 6.92 Å². The summed E-state index contributed by atoms with van der Waals surface area (Å²) < 4.78 is 6.76. The average molecular weight is 505 g/mol. The fourth-order valence-corrected chi connectivity index (χ4v) is 3.06. The Morgan fingerprint density at radius 2 is 1.61 bits per heavy atom. The van der Waals surface area contributed by atoms with Gasteiger partial charge in [0, 0.05) is 32.5 Å². The number of benzene rings is 2. The number of anilines is 1. The molecule has 3 aromatic rings. The monoisotopic (exact) mass is 503 g/mol. The lowest BCUT2D eigenvalue weighted by Gasteiger charge is -2.12. The van der Waals surface area contributed by atoms with E-state index in [4.69, 9.17) is 4.42 Å². The minimum Gasteiger partial charge on any atom is -0.507 e. The molecule has 2 N–H and O–H groups in total. The zero-order valence-electron chi connectivity index (χ0n) is 14.7. The Labute approximate surface area is 178 Å². The molecular formula is C21H15Br2NO4. The number of hydrogen-bond donors (Lipinski definition) is 2. The van der Waals surface area contributed by atoms with E-state index in [1.54, 1.807) is 0 Å². The molecule has 0 saturated heterocycles. The van der Waals surface area contributed by atoms with E-state index < -0.39 is 22.7 Å². The van der Waals surface area contributed by atoms with E-state index in [2.05, 4.69) is 37.2 Å². The van der Waals surface area contributed by atoms with E-state index in [1.165, 1.54) is 19.1 Å². The Morgan fingerprint density at radius 3 is 2.18 bits per heavy atom. The Bertz CT molecular complexity index is 1100. The standard InChI is InChI=1S/C21H15Br2NO4/c1-12-10-18(25)20(21(27)28-12)19(26)11-17(13-2-4-14(22)5-3-13)24-16-8-6-15(23)7-9-16/h2-11,24-25H,1H3/b17-11-. The summed E-state index contributed by atoms with van der Waals surface area (Å²) in [6.45, 7) is 1.52. The summed E-state index contributed by atoms with van der Waals surface area (Å²) in [5.41, 5.74) is 0.676. The van der Waals surface area contributed by atoms with Crippen molar-refractivity contribution in [2.24, 2.45) is 0 Å². The molecule has 0 radical (unpaired) electrons. The Kier molecular flexibility index (Phi) is 6.16. The second kappa shape index (κ2) is 8.58. The molecule has 0 aliphatic rings. The fourth-order valence-electron chi connectivity index (χ4n) is 2.54. The molecule has 0 saturated carbocycles. The molecule has 0 unspecified atom stereocenters. The zero-order valence-corrected chi connectivity index (χ0v) is 17.9. The van der Waals surface area contributed by atoms with Crippen LogP contribution in [0.2, 0.25) is 0 Å². The second-order valence-corrected chi connectivity index (χ2v) is 7.80. The van der Waals surface area contributed by atoms with Gasteiger partial charge in [-0.1, -0.05) is 44.0 Å². The van der Waals surface area contributed by atoms with Gasteiger partial charge in [-0.05, 0) is 48.9 Å². The lowest BCUT2D eigenvalue weighted by atomic mass is 10.1. The van der Waals surface area contributed by atoms with Gasteiger partial charge in [-0.2, -0.15) is 0 Å². The number of hydrogen-bond acceptors (Lipinski definition) is 5. The molecule has 1 aromatic heterocycles. The van der Waals surface area contributed by atoms with Crippen LogP contribution < -0.4 is 10.9 Å². The summed E-state index contributed by atoms with van der Waals surface area (Å²) in [6, 6.07) is 16.0. The lowest BCUT2D eigenvalue weighted by Crippen LogP contribution is -2.14. The van der Waals surface area contributed by atoms with Crippen molar-refractivity contribution in [3.63, 3.8) is 0 Å². The molecule has 142 valence electrons. The highest BCUT2D eigenvalue weighted by Gasteiger charge is 2.18. The van der Waals surface area contributed by atoms with Gasteiger partial charge < -0.3 is 14.8 Å². The van der Waals surface area contributed by atoms with E-state index in [0.29, 0.717) is 5.70 Å². The molecule has 0 aliphatic carbocycles. The first kappa shape index (κ1) is 20.1. The number of carbonyl (C=O) groups excluding carboxylic acids is 1. The van der Waals surface area contributed by atoms with Crippen LogP contribution in [0.3, 0.4) is 0 Å². The van der Waals surface area contributed by atoms with Crippen LogP contribution in [0.5, 0.6) is 5.75 Å². The highest BCUT2D eigenvalue weighted by molar-refractivity contribution is 9.10. The third-order valence-corrected chi connectivity index (χ3v) is 4.91. The quantitative estimate of drug-likeness (QED) is 0.353. The molecule has 0 spiro atoms. The van der Waals surface area contributed by atoms with Gasteiger partial charge in [0.05, 0.1) is 0 Å². The second-order valence-electron chi connectivity index (χ2n) is 5.97. The summed E-state index contributed by atoms with van der Waals surface area (Å²) in [6.07, 6.45) is 1.27. The van der Waals surface area contributed by atoms with E-state index in [1.807, 2.05) is 48.5 Å². The van der Waals surface area contributed by atoms with Crippen molar-refractivity contribution in [2.75, 3.05) is 5.32 Å². The van der Waals surface area contributed by atoms with Gasteiger partial charge in [0.15, 0.2) is 5.78 Å². The number of nitrogens with one attached hydrogen (secondary N) is 1. The van der Waals surface area contributed by atoms with Gasteiger partial charge >= 0.3 is 5.63 Å². The van der Waals surface area contributed by atoms with Crippen LogP contribution in [0.15, 0.2) is 78.8 Å². The molecule has 0 aliphatic heterocycles. The predicted octanol–water partition coefficient (Wildman–Crippen LogP) is 5.51. The molecule has 0 atom stereocenters. The first-order chi connectivity index (χ1) is 13.3. The largest absolute Gasteiger partial charge is 0.507 e. The molecular weight excluding hydrogens is 490 g/mol. The maximum atomic E-state index is 12.7. The van der Waals surface area contributed by atoms with Crippen LogP contribution in [0.4, 0.5) is 5.69 Å². The number of halogens is 2.